The molecule has 0 unspecified atom stereocenters. The van der Waals surface area contributed by atoms with Crippen LogP contribution in [0.4, 0.5) is 10.1 Å². The Kier molecular flexibility index (Phi) is 4.31. The van der Waals surface area contributed by atoms with Crippen molar-refractivity contribution >= 4 is 35.0 Å². The Morgan fingerprint density at radius 3 is 2.29 bits per heavy atom. The highest BCUT2D eigenvalue weighted by atomic mass is 35.5. The number of benzene rings is 2. The van der Waals surface area contributed by atoms with Gasteiger partial charge >= 0.3 is 0 Å². The Bertz CT molecular complexity index is 818. The van der Waals surface area contributed by atoms with Crippen LogP contribution in [0.1, 0.15) is 27.1 Å². The van der Waals surface area contributed by atoms with Gasteiger partial charge in [-0.3, -0.25) is 19.3 Å². The van der Waals surface area contributed by atoms with Gasteiger partial charge in [-0.15, -0.1) is 0 Å². The largest absolute Gasteiger partial charge is 0.326 e. The number of carbonyl (C=O) groups excluding carboxylic acids is 3. The number of imide groups is 1. The number of amides is 3. The van der Waals surface area contributed by atoms with E-state index in [0.29, 0.717) is 16.8 Å². The summed E-state index contributed by atoms with van der Waals surface area (Å²) in [7, 11) is 0. The first-order chi connectivity index (χ1) is 11.5. The molecule has 122 valence electrons. The van der Waals surface area contributed by atoms with Gasteiger partial charge < -0.3 is 5.32 Å². The molecule has 0 saturated carbocycles. The Labute approximate surface area is 142 Å². The molecule has 0 bridgehead atoms. The highest BCUT2D eigenvalue weighted by molar-refractivity contribution is 6.31. The summed E-state index contributed by atoms with van der Waals surface area (Å²) in [5, 5.41) is 2.44. The zero-order valence-corrected chi connectivity index (χ0v) is 13.1. The van der Waals surface area contributed by atoms with Crippen LogP contribution in [-0.2, 0) is 4.79 Å². The Balaban J connectivity index is 1.62. The molecule has 1 N–H and O–H groups in total. The van der Waals surface area contributed by atoms with Crippen molar-refractivity contribution < 1.29 is 18.8 Å². The molecule has 3 rings (SSSR count). The number of hydrogen-bond acceptors (Lipinski definition) is 3. The molecule has 1 aliphatic rings. The van der Waals surface area contributed by atoms with E-state index in [1.807, 2.05) is 0 Å². The number of halogens is 2. The van der Waals surface area contributed by atoms with Crippen LogP contribution in [0, 0.1) is 5.82 Å². The number of rotatable bonds is 4. The second kappa shape index (κ2) is 6.41. The van der Waals surface area contributed by atoms with Crippen molar-refractivity contribution in [2.75, 3.05) is 11.9 Å². The van der Waals surface area contributed by atoms with Crippen LogP contribution < -0.4 is 5.32 Å². The molecule has 0 saturated heterocycles. The summed E-state index contributed by atoms with van der Waals surface area (Å²) in [4.78, 5) is 37.3. The third-order valence-electron chi connectivity index (χ3n) is 3.64. The lowest BCUT2D eigenvalue weighted by Gasteiger charge is -2.13. The van der Waals surface area contributed by atoms with Gasteiger partial charge in [0, 0.05) is 18.7 Å². The van der Waals surface area contributed by atoms with Crippen LogP contribution >= 0.6 is 11.6 Å². The maximum absolute atomic E-state index is 13.1. The van der Waals surface area contributed by atoms with Gasteiger partial charge in [-0.2, -0.15) is 0 Å². The molecule has 7 heteroatoms. The number of hydrogen-bond donors (Lipinski definition) is 1. The van der Waals surface area contributed by atoms with Crippen molar-refractivity contribution in [2.24, 2.45) is 0 Å². The molecule has 2 aromatic carbocycles. The first kappa shape index (κ1) is 16.1. The van der Waals surface area contributed by atoms with E-state index in [1.165, 1.54) is 12.1 Å². The van der Waals surface area contributed by atoms with Crippen LogP contribution in [0.5, 0.6) is 0 Å². The van der Waals surface area contributed by atoms with Gasteiger partial charge in [0.1, 0.15) is 5.82 Å². The lowest BCUT2D eigenvalue weighted by atomic mass is 10.1. The van der Waals surface area contributed by atoms with Gasteiger partial charge in [-0.1, -0.05) is 23.7 Å². The predicted octanol–water partition coefficient (Wildman–Crippen LogP) is 3.10. The molecule has 0 spiro atoms. The van der Waals surface area contributed by atoms with Crippen LogP contribution in [0.25, 0.3) is 0 Å². The van der Waals surface area contributed by atoms with E-state index in [-0.39, 0.29) is 18.0 Å². The van der Waals surface area contributed by atoms with Crippen LogP contribution in [-0.4, -0.2) is 29.2 Å². The average molecular weight is 347 g/mol. The molecule has 1 heterocycles. The average Bonchev–Trinajstić information content (AvgIpc) is 2.81. The van der Waals surface area contributed by atoms with Crippen molar-refractivity contribution in [3.63, 3.8) is 0 Å². The van der Waals surface area contributed by atoms with Crippen molar-refractivity contribution in [3.8, 4) is 0 Å². The normalized spacial score (nSPS) is 13.2. The molecule has 3 amide bonds. The number of carbonyl (C=O) groups is 3. The lowest BCUT2D eigenvalue weighted by Crippen LogP contribution is -2.32. The Morgan fingerprint density at radius 1 is 1.08 bits per heavy atom. The molecule has 5 nitrogen and oxygen atoms in total. The Morgan fingerprint density at radius 2 is 1.71 bits per heavy atom. The third kappa shape index (κ3) is 3.00. The van der Waals surface area contributed by atoms with Crippen molar-refractivity contribution in [1.29, 1.82) is 0 Å². The SMILES string of the molecule is O=C(CCN1C(=O)c2ccccc2C1=O)Nc1ccc(F)c(Cl)c1. The van der Waals surface area contributed by atoms with E-state index in [2.05, 4.69) is 5.32 Å². The van der Waals surface area contributed by atoms with Gasteiger partial charge in [0.25, 0.3) is 11.8 Å². The number of anilines is 1. The van der Waals surface area contributed by atoms with Crippen LogP contribution in [0.15, 0.2) is 42.5 Å². The summed E-state index contributed by atoms with van der Waals surface area (Å²) >= 11 is 5.64. The lowest BCUT2D eigenvalue weighted by molar-refractivity contribution is -0.116. The predicted molar refractivity (Wildman–Crippen MR) is 86.5 cm³/mol. The highest BCUT2D eigenvalue weighted by Gasteiger charge is 2.34. The molecule has 24 heavy (non-hydrogen) atoms. The van der Waals surface area contributed by atoms with Gasteiger partial charge in [0.15, 0.2) is 0 Å². The third-order valence-corrected chi connectivity index (χ3v) is 3.93. The molecular formula is C17H12ClFN2O3. The van der Waals surface area contributed by atoms with Crippen LogP contribution in [0.3, 0.4) is 0 Å². The summed E-state index contributed by atoms with van der Waals surface area (Å²) in [6.07, 6.45) is -0.0690. The summed E-state index contributed by atoms with van der Waals surface area (Å²) in [5.41, 5.74) is 1.02. The molecule has 0 fully saturated rings. The van der Waals surface area contributed by atoms with Gasteiger partial charge in [-0.05, 0) is 30.3 Å². The zero-order valence-electron chi connectivity index (χ0n) is 12.4. The minimum atomic E-state index is -0.583. The summed E-state index contributed by atoms with van der Waals surface area (Å²) in [6.45, 7) is -0.0346. The zero-order chi connectivity index (χ0) is 17.3. The summed E-state index contributed by atoms with van der Waals surface area (Å²) in [5.74, 6) is -1.81. The molecule has 0 aliphatic carbocycles. The maximum atomic E-state index is 13.1. The standard InChI is InChI=1S/C17H12ClFN2O3/c18-13-9-10(5-6-14(13)19)20-15(22)7-8-21-16(23)11-3-1-2-4-12(11)17(21)24/h1-6,9H,7-8H2,(H,20,22). The topological polar surface area (TPSA) is 66.5 Å². The van der Waals surface area contributed by atoms with Gasteiger partial charge in [0.05, 0.1) is 16.1 Å². The molecule has 1 aliphatic heterocycles. The van der Waals surface area contributed by atoms with Crippen molar-refractivity contribution in [3.05, 3.63) is 64.4 Å². The highest BCUT2D eigenvalue weighted by Crippen LogP contribution is 2.23. The fraction of sp³-hybridized carbons (Fsp3) is 0.118. The second-order valence-electron chi connectivity index (χ2n) is 5.23. The molecule has 0 atom stereocenters. The summed E-state index contributed by atoms with van der Waals surface area (Å²) < 4.78 is 13.1. The van der Waals surface area contributed by atoms with E-state index in [4.69, 9.17) is 11.6 Å². The second-order valence-corrected chi connectivity index (χ2v) is 5.64. The molecule has 0 aromatic heterocycles. The number of nitrogens with one attached hydrogen (secondary N) is 1. The monoisotopic (exact) mass is 346 g/mol. The van der Waals surface area contributed by atoms with Gasteiger partial charge in [-0.25, -0.2) is 4.39 Å². The minimum Gasteiger partial charge on any atom is -0.326 e. The fourth-order valence-corrected chi connectivity index (χ4v) is 2.63. The first-order valence-corrected chi connectivity index (χ1v) is 7.55. The molecule has 0 radical (unpaired) electrons. The smallest absolute Gasteiger partial charge is 0.261 e. The van der Waals surface area contributed by atoms with E-state index in [1.54, 1.807) is 24.3 Å². The van der Waals surface area contributed by atoms with E-state index >= 15 is 0 Å². The van der Waals surface area contributed by atoms with E-state index in [0.717, 1.165) is 11.0 Å². The maximum Gasteiger partial charge on any atom is 0.261 e. The number of nitrogens with zero attached hydrogens (tertiary/aromatic N) is 1. The van der Waals surface area contributed by atoms with Crippen molar-refractivity contribution in [2.45, 2.75) is 6.42 Å². The van der Waals surface area contributed by atoms with E-state index in [9.17, 15) is 18.8 Å². The van der Waals surface area contributed by atoms with Gasteiger partial charge in [0.2, 0.25) is 5.91 Å². The van der Waals surface area contributed by atoms with Crippen molar-refractivity contribution in [1.82, 2.24) is 4.90 Å². The fourth-order valence-electron chi connectivity index (χ4n) is 2.45. The quantitative estimate of drug-likeness (QED) is 0.865. The molecule has 2 aromatic rings. The number of fused-ring (bicyclic) bond motifs is 1. The minimum absolute atomic E-state index is 0.0346. The van der Waals surface area contributed by atoms with E-state index < -0.39 is 23.5 Å². The first-order valence-electron chi connectivity index (χ1n) is 7.17. The van der Waals surface area contributed by atoms with Crippen LogP contribution in [0.2, 0.25) is 5.02 Å². The molecular weight excluding hydrogens is 335 g/mol. The Hall–Kier alpha value is -2.73. The summed E-state index contributed by atoms with van der Waals surface area (Å²) in [6, 6.07) is 10.3.